The topological polar surface area (TPSA) is 80.2 Å². The second-order valence-electron chi connectivity index (χ2n) is 9.10. The Bertz CT molecular complexity index is 1080. The largest absolute Gasteiger partial charge is 0.444 e. The van der Waals surface area contributed by atoms with Crippen molar-refractivity contribution in [3.05, 3.63) is 59.6 Å². The first-order valence-corrected chi connectivity index (χ1v) is 11.2. The molecule has 1 unspecified atom stereocenters. The van der Waals surface area contributed by atoms with E-state index in [1.807, 2.05) is 45.2 Å². The predicted octanol–water partition coefficient (Wildman–Crippen LogP) is 5.48. The molecule has 0 saturated carbocycles. The van der Waals surface area contributed by atoms with E-state index >= 15 is 0 Å². The van der Waals surface area contributed by atoms with Crippen LogP contribution < -0.4 is 5.32 Å². The molecule has 32 heavy (non-hydrogen) atoms. The summed E-state index contributed by atoms with van der Waals surface area (Å²) in [4.78, 5) is 27.3. The molecular weight excluding hydrogens is 426 g/mol. The molecule has 8 heteroatoms. The molecule has 7 nitrogen and oxygen atoms in total. The number of halogens is 1. The van der Waals surface area contributed by atoms with Crippen molar-refractivity contribution in [3.8, 4) is 0 Å². The lowest BCUT2D eigenvalue weighted by Gasteiger charge is -2.37. The van der Waals surface area contributed by atoms with E-state index in [4.69, 9.17) is 16.3 Å². The van der Waals surface area contributed by atoms with Crippen LogP contribution in [0.25, 0.3) is 11.0 Å². The van der Waals surface area contributed by atoms with E-state index in [9.17, 15) is 4.79 Å². The number of fused-ring (bicyclic) bond motifs is 1. The minimum absolute atomic E-state index is 0.0228. The van der Waals surface area contributed by atoms with Crippen molar-refractivity contribution in [1.82, 2.24) is 19.9 Å². The summed E-state index contributed by atoms with van der Waals surface area (Å²) in [5, 5.41) is 4.21. The van der Waals surface area contributed by atoms with Gasteiger partial charge in [-0.1, -0.05) is 17.7 Å². The molecule has 3 aromatic rings. The zero-order valence-corrected chi connectivity index (χ0v) is 19.3. The molecule has 1 fully saturated rings. The summed E-state index contributed by atoms with van der Waals surface area (Å²) >= 11 is 6.47. The third-order valence-electron chi connectivity index (χ3n) is 5.56. The maximum Gasteiger partial charge on any atom is 0.410 e. The number of carbonyl (C=O) groups excluding carboxylic acids is 1. The van der Waals surface area contributed by atoms with Gasteiger partial charge in [0, 0.05) is 43.6 Å². The summed E-state index contributed by atoms with van der Waals surface area (Å²) in [6.07, 6.45) is 8.42. The SMILES string of the molecule is CC(C)(C)OC(=O)N1CCC(C(Nc2cc(Cl)c3nccnc3c2)c2cccnc2)CC1. The number of hydrogen-bond donors (Lipinski definition) is 1. The van der Waals surface area contributed by atoms with Crippen molar-refractivity contribution < 1.29 is 9.53 Å². The molecule has 0 spiro atoms. The van der Waals surface area contributed by atoms with Gasteiger partial charge in [-0.25, -0.2) is 4.79 Å². The van der Waals surface area contributed by atoms with Gasteiger partial charge in [0.1, 0.15) is 11.1 Å². The van der Waals surface area contributed by atoms with E-state index in [-0.39, 0.29) is 12.1 Å². The number of nitrogens with zero attached hydrogens (tertiary/aromatic N) is 4. The number of ether oxygens (including phenoxy) is 1. The summed E-state index contributed by atoms with van der Waals surface area (Å²) in [6.45, 7) is 6.97. The first kappa shape index (κ1) is 22.3. The first-order valence-electron chi connectivity index (χ1n) is 10.8. The number of hydrogen-bond acceptors (Lipinski definition) is 6. The molecule has 1 aliphatic rings. The standard InChI is InChI=1S/C24H28ClN5O2/c1-24(2,3)32-23(31)30-11-6-16(7-12-30)21(17-5-4-8-26-15-17)29-18-13-19(25)22-20(14-18)27-9-10-28-22/h4-5,8-10,13-16,21,29H,6-7,11-12H2,1-3H3. The van der Waals surface area contributed by atoms with Crippen LogP contribution in [0.15, 0.2) is 49.1 Å². The first-order chi connectivity index (χ1) is 15.3. The fourth-order valence-corrected chi connectivity index (χ4v) is 4.33. The second kappa shape index (κ2) is 9.28. The Hall–Kier alpha value is -2.93. The van der Waals surface area contributed by atoms with Gasteiger partial charge in [0.15, 0.2) is 0 Å². The number of piperidine rings is 1. The highest BCUT2D eigenvalue weighted by atomic mass is 35.5. The van der Waals surface area contributed by atoms with Crippen molar-refractivity contribution >= 4 is 34.4 Å². The molecule has 0 bridgehead atoms. The maximum atomic E-state index is 12.5. The summed E-state index contributed by atoms with van der Waals surface area (Å²) < 4.78 is 5.54. The van der Waals surface area contributed by atoms with Crippen LogP contribution in [-0.2, 0) is 4.74 Å². The summed E-state index contributed by atoms with van der Waals surface area (Å²) in [5.41, 5.74) is 2.91. The minimum atomic E-state index is -0.494. The van der Waals surface area contributed by atoms with Gasteiger partial charge in [0.25, 0.3) is 0 Å². The molecule has 3 heterocycles. The zero-order chi connectivity index (χ0) is 22.7. The van der Waals surface area contributed by atoms with Gasteiger partial charge in [-0.05, 0) is 63.3 Å². The van der Waals surface area contributed by atoms with Crippen LogP contribution in [0.3, 0.4) is 0 Å². The highest BCUT2D eigenvalue weighted by molar-refractivity contribution is 6.35. The average molecular weight is 454 g/mol. The van der Waals surface area contributed by atoms with Crippen molar-refractivity contribution in [2.45, 2.75) is 45.3 Å². The highest BCUT2D eigenvalue weighted by Crippen LogP contribution is 2.35. The van der Waals surface area contributed by atoms with Crippen molar-refractivity contribution in [2.24, 2.45) is 5.92 Å². The Labute approximate surface area is 193 Å². The molecule has 2 aromatic heterocycles. The van der Waals surface area contributed by atoms with E-state index in [0.717, 1.165) is 29.6 Å². The quantitative estimate of drug-likeness (QED) is 0.563. The van der Waals surface area contributed by atoms with Crippen LogP contribution >= 0.6 is 11.6 Å². The molecular formula is C24H28ClN5O2. The molecule has 0 radical (unpaired) electrons. The Morgan fingerprint density at radius 3 is 2.62 bits per heavy atom. The van der Waals surface area contributed by atoms with Crippen LogP contribution in [0.4, 0.5) is 10.5 Å². The number of carbonyl (C=O) groups is 1. The number of anilines is 1. The second-order valence-corrected chi connectivity index (χ2v) is 9.50. The van der Waals surface area contributed by atoms with Gasteiger partial charge in [-0.15, -0.1) is 0 Å². The zero-order valence-electron chi connectivity index (χ0n) is 18.6. The Balaban J connectivity index is 1.53. The number of pyridine rings is 1. The van der Waals surface area contributed by atoms with Crippen LogP contribution in [-0.4, -0.2) is 44.6 Å². The van der Waals surface area contributed by atoms with E-state index in [1.54, 1.807) is 23.5 Å². The minimum Gasteiger partial charge on any atom is -0.444 e. The van der Waals surface area contributed by atoms with Gasteiger partial charge in [-0.3, -0.25) is 15.0 Å². The Kier molecular flexibility index (Phi) is 6.46. The highest BCUT2D eigenvalue weighted by Gasteiger charge is 2.31. The molecule has 4 rings (SSSR count). The van der Waals surface area contributed by atoms with Crippen molar-refractivity contribution in [3.63, 3.8) is 0 Å². The lowest BCUT2D eigenvalue weighted by Crippen LogP contribution is -2.43. The van der Waals surface area contributed by atoms with E-state index in [2.05, 4.69) is 26.3 Å². The number of likely N-dealkylation sites (tertiary alicyclic amines) is 1. The maximum absolute atomic E-state index is 12.5. The summed E-state index contributed by atoms with van der Waals surface area (Å²) in [6, 6.07) is 7.90. The molecule has 0 aliphatic carbocycles. The predicted molar refractivity (Wildman–Crippen MR) is 126 cm³/mol. The third kappa shape index (κ3) is 5.27. The van der Waals surface area contributed by atoms with Crippen LogP contribution in [0.2, 0.25) is 5.02 Å². The average Bonchev–Trinajstić information content (AvgIpc) is 2.77. The summed E-state index contributed by atoms with van der Waals surface area (Å²) in [7, 11) is 0. The van der Waals surface area contributed by atoms with Crippen LogP contribution in [0.5, 0.6) is 0 Å². The van der Waals surface area contributed by atoms with Crippen LogP contribution in [0.1, 0.15) is 45.2 Å². The number of benzene rings is 1. The third-order valence-corrected chi connectivity index (χ3v) is 5.84. The molecule has 1 N–H and O–H groups in total. The van der Waals surface area contributed by atoms with E-state index < -0.39 is 5.60 Å². The number of nitrogens with one attached hydrogen (secondary N) is 1. The molecule has 1 atom stereocenters. The van der Waals surface area contributed by atoms with Gasteiger partial charge < -0.3 is 15.0 Å². The monoisotopic (exact) mass is 453 g/mol. The number of rotatable bonds is 4. The van der Waals surface area contributed by atoms with E-state index in [1.165, 1.54) is 0 Å². The van der Waals surface area contributed by atoms with Crippen molar-refractivity contribution in [2.75, 3.05) is 18.4 Å². The molecule has 1 aliphatic heterocycles. The Morgan fingerprint density at radius 2 is 1.94 bits per heavy atom. The van der Waals surface area contributed by atoms with Gasteiger partial charge in [0.05, 0.1) is 16.6 Å². The molecule has 168 valence electrons. The van der Waals surface area contributed by atoms with E-state index in [0.29, 0.717) is 29.5 Å². The lowest BCUT2D eigenvalue weighted by molar-refractivity contribution is 0.0177. The van der Waals surface area contributed by atoms with Gasteiger partial charge in [-0.2, -0.15) is 0 Å². The lowest BCUT2D eigenvalue weighted by atomic mass is 9.85. The number of amides is 1. The fraction of sp³-hybridized carbons (Fsp3) is 0.417. The Morgan fingerprint density at radius 1 is 1.19 bits per heavy atom. The molecule has 1 saturated heterocycles. The van der Waals surface area contributed by atoms with Gasteiger partial charge >= 0.3 is 6.09 Å². The van der Waals surface area contributed by atoms with Crippen molar-refractivity contribution in [1.29, 1.82) is 0 Å². The molecule has 1 aromatic carbocycles. The fourth-order valence-electron chi connectivity index (χ4n) is 4.07. The number of aromatic nitrogens is 3. The van der Waals surface area contributed by atoms with Crippen LogP contribution in [0, 0.1) is 5.92 Å². The molecule has 1 amide bonds. The normalized spacial score (nSPS) is 16.1. The smallest absolute Gasteiger partial charge is 0.410 e. The van der Waals surface area contributed by atoms with Gasteiger partial charge in [0.2, 0.25) is 0 Å². The summed E-state index contributed by atoms with van der Waals surface area (Å²) in [5.74, 6) is 0.314.